The van der Waals surface area contributed by atoms with E-state index in [9.17, 15) is 4.39 Å². The Kier molecular flexibility index (Phi) is 3.10. The van der Waals surface area contributed by atoms with Crippen LogP contribution >= 0.6 is 0 Å². The van der Waals surface area contributed by atoms with Crippen LogP contribution in [0.5, 0.6) is 0 Å². The Labute approximate surface area is 81.5 Å². The van der Waals surface area contributed by atoms with Crippen molar-refractivity contribution in [2.45, 2.75) is 31.8 Å². The van der Waals surface area contributed by atoms with Crippen LogP contribution in [0, 0.1) is 0 Å². The monoisotopic (exact) mass is 200 g/mol. The summed E-state index contributed by atoms with van der Waals surface area (Å²) >= 11 is 0. The van der Waals surface area contributed by atoms with E-state index in [0.717, 1.165) is 18.5 Å². The fourth-order valence-electron chi connectivity index (χ4n) is 1.50. The molecule has 14 heavy (non-hydrogen) atoms. The minimum atomic E-state index is -1.20. The largest absolute Gasteiger partial charge is 0.451 e. The molecule has 4 nitrogen and oxygen atoms in total. The lowest BCUT2D eigenvalue weighted by Crippen LogP contribution is -2.41. The highest BCUT2D eigenvalue weighted by Crippen LogP contribution is 2.15. The van der Waals surface area contributed by atoms with Gasteiger partial charge in [0.1, 0.15) is 6.26 Å². The second-order valence-electron chi connectivity index (χ2n) is 3.33. The maximum Gasteiger partial charge on any atom is 0.214 e. The molecule has 0 aliphatic carbocycles. The Morgan fingerprint density at radius 3 is 3.29 bits per heavy atom. The van der Waals surface area contributed by atoms with Gasteiger partial charge in [0.2, 0.25) is 6.36 Å². The molecule has 1 aromatic heterocycles. The average Bonchev–Trinajstić information content (AvgIpc) is 2.69. The topological polar surface area (TPSA) is 47.3 Å². The van der Waals surface area contributed by atoms with Crippen LogP contribution in [-0.4, -0.2) is 24.0 Å². The summed E-state index contributed by atoms with van der Waals surface area (Å²) < 4.78 is 22.8. The number of rotatable bonds is 3. The highest BCUT2D eigenvalue weighted by atomic mass is 19.1. The number of hydrogen-bond acceptors (Lipinski definition) is 4. The molecule has 1 aromatic rings. The van der Waals surface area contributed by atoms with E-state index < -0.39 is 6.36 Å². The molecular weight excluding hydrogens is 187 g/mol. The molecule has 0 amide bonds. The van der Waals surface area contributed by atoms with Crippen LogP contribution in [0.15, 0.2) is 17.1 Å². The third-order valence-corrected chi connectivity index (χ3v) is 2.28. The quantitative estimate of drug-likeness (QED) is 0.797. The van der Waals surface area contributed by atoms with Crippen molar-refractivity contribution in [3.05, 3.63) is 18.4 Å². The Hall–Kier alpha value is -0.940. The van der Waals surface area contributed by atoms with Crippen molar-refractivity contribution in [3.8, 4) is 0 Å². The van der Waals surface area contributed by atoms with Crippen molar-refractivity contribution in [1.82, 2.24) is 10.3 Å². The summed E-state index contributed by atoms with van der Waals surface area (Å²) in [6, 6.07) is -0.222. The number of aromatic nitrogens is 1. The second kappa shape index (κ2) is 4.52. The Morgan fingerprint density at radius 1 is 1.64 bits per heavy atom. The normalized spacial score (nSPS) is 27.8. The average molecular weight is 200 g/mol. The summed E-state index contributed by atoms with van der Waals surface area (Å²) in [6.07, 6.45) is 3.41. The van der Waals surface area contributed by atoms with Gasteiger partial charge in [-0.05, 0) is 12.8 Å². The SMILES string of the molecule is FC1OCCCC1NCc1cocn1. The van der Waals surface area contributed by atoms with E-state index in [-0.39, 0.29) is 6.04 Å². The van der Waals surface area contributed by atoms with E-state index in [1.165, 1.54) is 6.39 Å². The van der Waals surface area contributed by atoms with E-state index in [1.54, 1.807) is 6.26 Å². The minimum absolute atomic E-state index is 0.222. The van der Waals surface area contributed by atoms with Crippen molar-refractivity contribution < 1.29 is 13.5 Å². The number of alkyl halides is 1. The molecule has 5 heteroatoms. The van der Waals surface area contributed by atoms with Crippen LogP contribution in [0.2, 0.25) is 0 Å². The molecule has 2 rings (SSSR count). The third kappa shape index (κ3) is 2.30. The molecular formula is C9H13FN2O2. The first-order valence-electron chi connectivity index (χ1n) is 4.72. The summed E-state index contributed by atoms with van der Waals surface area (Å²) in [5.41, 5.74) is 0.780. The predicted molar refractivity (Wildman–Crippen MR) is 47.2 cm³/mol. The predicted octanol–water partition coefficient (Wildman–Crippen LogP) is 1.24. The van der Waals surface area contributed by atoms with Crippen molar-refractivity contribution >= 4 is 0 Å². The highest BCUT2D eigenvalue weighted by molar-refractivity contribution is 4.91. The zero-order valence-electron chi connectivity index (χ0n) is 7.78. The number of halogens is 1. The van der Waals surface area contributed by atoms with Crippen LogP contribution < -0.4 is 5.32 Å². The van der Waals surface area contributed by atoms with Crippen molar-refractivity contribution in [2.75, 3.05) is 6.61 Å². The molecule has 0 radical (unpaired) electrons. The first-order chi connectivity index (χ1) is 6.86. The standard InChI is InChI=1S/C9H13FN2O2/c10-9-8(2-1-3-14-9)11-4-7-5-13-6-12-7/h5-6,8-9,11H,1-4H2. The smallest absolute Gasteiger partial charge is 0.214 e. The third-order valence-electron chi connectivity index (χ3n) is 2.28. The van der Waals surface area contributed by atoms with Crippen molar-refractivity contribution in [1.29, 1.82) is 0 Å². The van der Waals surface area contributed by atoms with Gasteiger partial charge in [-0.3, -0.25) is 0 Å². The van der Waals surface area contributed by atoms with Crippen LogP contribution in [0.3, 0.4) is 0 Å². The van der Waals surface area contributed by atoms with Crippen LogP contribution in [-0.2, 0) is 11.3 Å². The Bertz CT molecular complexity index is 266. The molecule has 1 saturated heterocycles. The number of hydrogen-bond donors (Lipinski definition) is 1. The molecule has 0 aromatic carbocycles. The lowest BCUT2D eigenvalue weighted by atomic mass is 10.1. The second-order valence-corrected chi connectivity index (χ2v) is 3.33. The summed E-state index contributed by atoms with van der Waals surface area (Å²) in [5, 5.41) is 3.05. The van der Waals surface area contributed by atoms with Crippen molar-refractivity contribution in [3.63, 3.8) is 0 Å². The van der Waals surface area contributed by atoms with Gasteiger partial charge in [0, 0.05) is 6.54 Å². The molecule has 78 valence electrons. The fourth-order valence-corrected chi connectivity index (χ4v) is 1.50. The minimum Gasteiger partial charge on any atom is -0.451 e. The Morgan fingerprint density at radius 2 is 2.57 bits per heavy atom. The van der Waals surface area contributed by atoms with Gasteiger partial charge >= 0.3 is 0 Å². The first kappa shape index (κ1) is 9.61. The summed E-state index contributed by atoms with van der Waals surface area (Å²) in [4.78, 5) is 3.93. The van der Waals surface area contributed by atoms with E-state index in [0.29, 0.717) is 13.2 Å². The highest BCUT2D eigenvalue weighted by Gasteiger charge is 2.24. The van der Waals surface area contributed by atoms with Gasteiger partial charge in [-0.2, -0.15) is 0 Å². The number of oxazole rings is 1. The summed E-state index contributed by atoms with van der Waals surface area (Å²) in [5.74, 6) is 0. The zero-order valence-corrected chi connectivity index (χ0v) is 7.78. The van der Waals surface area contributed by atoms with Gasteiger partial charge in [-0.25, -0.2) is 9.37 Å². The van der Waals surface area contributed by atoms with E-state index in [4.69, 9.17) is 9.15 Å². The van der Waals surface area contributed by atoms with Crippen LogP contribution in [0.25, 0.3) is 0 Å². The fraction of sp³-hybridized carbons (Fsp3) is 0.667. The van der Waals surface area contributed by atoms with E-state index >= 15 is 0 Å². The molecule has 1 fully saturated rings. The zero-order chi connectivity index (χ0) is 9.80. The molecule has 2 unspecified atom stereocenters. The molecule has 0 bridgehead atoms. The van der Waals surface area contributed by atoms with Gasteiger partial charge < -0.3 is 14.5 Å². The molecule has 2 heterocycles. The maximum atomic E-state index is 13.1. The molecule has 1 aliphatic heterocycles. The molecule has 2 atom stereocenters. The van der Waals surface area contributed by atoms with Crippen LogP contribution in [0.1, 0.15) is 18.5 Å². The summed E-state index contributed by atoms with van der Waals surface area (Å²) in [7, 11) is 0. The molecule has 1 N–H and O–H groups in total. The van der Waals surface area contributed by atoms with Gasteiger partial charge in [0.25, 0.3) is 0 Å². The maximum absolute atomic E-state index is 13.1. The van der Waals surface area contributed by atoms with Gasteiger partial charge in [-0.15, -0.1) is 0 Å². The van der Waals surface area contributed by atoms with Gasteiger partial charge in [0.15, 0.2) is 6.39 Å². The number of ether oxygens (including phenoxy) is 1. The molecule has 1 aliphatic rings. The summed E-state index contributed by atoms with van der Waals surface area (Å²) in [6.45, 7) is 1.04. The number of nitrogens with zero attached hydrogens (tertiary/aromatic N) is 1. The van der Waals surface area contributed by atoms with Gasteiger partial charge in [0.05, 0.1) is 18.3 Å². The first-order valence-corrected chi connectivity index (χ1v) is 4.72. The van der Waals surface area contributed by atoms with E-state index in [1.807, 2.05) is 0 Å². The number of nitrogens with one attached hydrogen (secondary N) is 1. The van der Waals surface area contributed by atoms with Gasteiger partial charge in [-0.1, -0.05) is 0 Å². The Balaban J connectivity index is 1.79. The molecule has 0 saturated carbocycles. The van der Waals surface area contributed by atoms with Crippen LogP contribution in [0.4, 0.5) is 4.39 Å². The molecule has 0 spiro atoms. The lowest BCUT2D eigenvalue weighted by molar-refractivity contribution is -0.0898. The van der Waals surface area contributed by atoms with E-state index in [2.05, 4.69) is 10.3 Å². The van der Waals surface area contributed by atoms with Crippen molar-refractivity contribution in [2.24, 2.45) is 0 Å². The lowest BCUT2D eigenvalue weighted by Gasteiger charge is -2.26.